The average molecular weight is 322 g/mol. The van der Waals surface area contributed by atoms with Crippen molar-refractivity contribution in [2.75, 3.05) is 13.2 Å². The molecule has 0 heterocycles. The number of carboxylic acid groups (broad SMARTS) is 2. The van der Waals surface area contributed by atoms with Gasteiger partial charge in [0.05, 0.1) is 11.1 Å². The van der Waals surface area contributed by atoms with Crippen molar-refractivity contribution in [1.29, 1.82) is 0 Å². The van der Waals surface area contributed by atoms with E-state index in [1.165, 1.54) is 12.9 Å². The van der Waals surface area contributed by atoms with Crippen LogP contribution in [0.25, 0.3) is 0 Å². The summed E-state index contributed by atoms with van der Waals surface area (Å²) in [6.45, 7) is 4.56. The second-order valence-corrected chi connectivity index (χ2v) is 4.51. The third-order valence-corrected chi connectivity index (χ3v) is 2.81. The van der Waals surface area contributed by atoms with E-state index in [9.17, 15) is 19.2 Å². The standard InChI is InChI=1S/C15H14O8/c1-8(2)15(21)23-6-5-22-11-4-3-9(13(17)18)12(14(19)20)10(11)7-16/h3-4,12H,1,5-6H2,2H3,(H,17,18)(H,19,20). The van der Waals surface area contributed by atoms with Crippen LogP contribution in [0.4, 0.5) is 0 Å². The van der Waals surface area contributed by atoms with Gasteiger partial charge in [-0.3, -0.25) is 4.79 Å². The van der Waals surface area contributed by atoms with Crippen molar-refractivity contribution in [2.24, 2.45) is 5.92 Å². The van der Waals surface area contributed by atoms with E-state index in [0.29, 0.717) is 0 Å². The number of hydrogen-bond acceptors (Lipinski definition) is 6. The molecule has 1 aliphatic carbocycles. The molecule has 0 spiro atoms. The van der Waals surface area contributed by atoms with Crippen LogP contribution in [-0.2, 0) is 28.7 Å². The normalized spacial score (nSPS) is 16.6. The zero-order chi connectivity index (χ0) is 17.6. The molecule has 0 aromatic heterocycles. The van der Waals surface area contributed by atoms with Crippen molar-refractivity contribution < 1.29 is 38.9 Å². The Hall–Kier alpha value is -3.12. The lowest BCUT2D eigenvalue weighted by molar-refractivity contribution is -0.142. The molecule has 0 saturated heterocycles. The van der Waals surface area contributed by atoms with E-state index in [4.69, 9.17) is 19.7 Å². The van der Waals surface area contributed by atoms with E-state index in [-0.39, 0.29) is 24.5 Å². The molecule has 122 valence electrons. The van der Waals surface area contributed by atoms with E-state index in [1.54, 1.807) is 0 Å². The minimum Gasteiger partial charge on any atom is -0.489 e. The summed E-state index contributed by atoms with van der Waals surface area (Å²) in [5, 5.41) is 18.1. The monoisotopic (exact) mass is 322 g/mol. The van der Waals surface area contributed by atoms with E-state index < -0.39 is 35.0 Å². The maximum absolute atomic E-state index is 11.2. The largest absolute Gasteiger partial charge is 0.489 e. The van der Waals surface area contributed by atoms with Crippen molar-refractivity contribution >= 4 is 23.8 Å². The maximum atomic E-state index is 11.2. The van der Waals surface area contributed by atoms with Crippen molar-refractivity contribution in [2.45, 2.75) is 6.92 Å². The summed E-state index contributed by atoms with van der Waals surface area (Å²) in [5.74, 6) is -4.00. The van der Waals surface area contributed by atoms with Gasteiger partial charge in [0, 0.05) is 5.57 Å². The number of carbonyl (C=O) groups is 3. The average Bonchev–Trinajstić information content (AvgIpc) is 2.49. The SMILES string of the molecule is C=C(C)C(=O)OCCOC1=CC=C(C(=O)O)C(C(=O)O)C1=C=O. The number of ether oxygens (including phenoxy) is 2. The Morgan fingerprint density at radius 1 is 1.26 bits per heavy atom. The first-order valence-electron chi connectivity index (χ1n) is 6.38. The Morgan fingerprint density at radius 3 is 2.39 bits per heavy atom. The van der Waals surface area contributed by atoms with Crippen LogP contribution in [0.15, 0.2) is 41.2 Å². The summed E-state index contributed by atoms with van der Waals surface area (Å²) < 4.78 is 9.95. The van der Waals surface area contributed by atoms with Gasteiger partial charge < -0.3 is 19.7 Å². The predicted molar refractivity (Wildman–Crippen MR) is 75.9 cm³/mol. The minimum atomic E-state index is -1.68. The fourth-order valence-electron chi connectivity index (χ4n) is 1.74. The molecule has 0 bridgehead atoms. The fraction of sp³-hybridized carbons (Fsp3) is 0.267. The molecule has 0 radical (unpaired) electrons. The molecule has 0 saturated carbocycles. The quantitative estimate of drug-likeness (QED) is 0.300. The molecule has 0 amide bonds. The molecule has 1 atom stereocenters. The van der Waals surface area contributed by atoms with Gasteiger partial charge in [-0.25, -0.2) is 14.4 Å². The van der Waals surface area contributed by atoms with Gasteiger partial charge in [0.15, 0.2) is 0 Å². The van der Waals surface area contributed by atoms with Gasteiger partial charge in [-0.1, -0.05) is 6.58 Å². The van der Waals surface area contributed by atoms with Crippen LogP contribution in [0, 0.1) is 5.92 Å². The zero-order valence-electron chi connectivity index (χ0n) is 12.2. The molecular weight excluding hydrogens is 308 g/mol. The Bertz CT molecular complexity index is 661. The topological polar surface area (TPSA) is 127 Å². The molecule has 0 fully saturated rings. The summed E-state index contributed by atoms with van der Waals surface area (Å²) in [4.78, 5) is 44.4. The van der Waals surface area contributed by atoms with Crippen LogP contribution in [0.1, 0.15) is 6.92 Å². The third kappa shape index (κ3) is 4.42. The summed E-state index contributed by atoms with van der Waals surface area (Å²) in [6, 6.07) is 0. The van der Waals surface area contributed by atoms with E-state index in [1.807, 2.05) is 0 Å². The van der Waals surface area contributed by atoms with Crippen LogP contribution >= 0.6 is 0 Å². The first kappa shape index (κ1) is 17.9. The molecule has 8 nitrogen and oxygen atoms in total. The van der Waals surface area contributed by atoms with Crippen LogP contribution in [0.5, 0.6) is 0 Å². The molecule has 0 aromatic rings. The predicted octanol–water partition coefficient (Wildman–Crippen LogP) is 0.490. The third-order valence-electron chi connectivity index (χ3n) is 2.81. The molecule has 8 heteroatoms. The highest BCUT2D eigenvalue weighted by atomic mass is 16.6. The summed E-state index contributed by atoms with van der Waals surface area (Å²) in [5.41, 5.74) is -0.712. The Morgan fingerprint density at radius 2 is 1.91 bits per heavy atom. The number of allylic oxidation sites excluding steroid dienone is 3. The number of aliphatic carboxylic acids is 2. The van der Waals surface area contributed by atoms with Crippen LogP contribution in [0.3, 0.4) is 0 Å². The number of hydrogen-bond donors (Lipinski definition) is 2. The van der Waals surface area contributed by atoms with Crippen molar-refractivity contribution in [1.82, 2.24) is 0 Å². The van der Waals surface area contributed by atoms with Crippen LogP contribution in [0.2, 0.25) is 0 Å². The molecule has 23 heavy (non-hydrogen) atoms. The highest BCUT2D eigenvalue weighted by molar-refractivity contribution is 5.98. The van der Waals surface area contributed by atoms with E-state index >= 15 is 0 Å². The van der Waals surface area contributed by atoms with Gasteiger partial charge in [-0.05, 0) is 19.1 Å². The van der Waals surface area contributed by atoms with Crippen molar-refractivity contribution in [3.63, 3.8) is 0 Å². The molecule has 1 aliphatic rings. The molecular formula is C15H14O8. The molecule has 0 aromatic carbocycles. The van der Waals surface area contributed by atoms with Gasteiger partial charge in [0.1, 0.15) is 30.8 Å². The first-order chi connectivity index (χ1) is 10.8. The summed E-state index contributed by atoms with van der Waals surface area (Å²) >= 11 is 0. The van der Waals surface area contributed by atoms with Crippen LogP contribution in [-0.4, -0.2) is 47.3 Å². The molecule has 1 unspecified atom stereocenters. The van der Waals surface area contributed by atoms with Crippen molar-refractivity contribution in [3.8, 4) is 0 Å². The fourth-order valence-corrected chi connectivity index (χ4v) is 1.74. The van der Waals surface area contributed by atoms with Gasteiger partial charge in [0.25, 0.3) is 0 Å². The summed E-state index contributed by atoms with van der Waals surface area (Å²) in [6.07, 6.45) is 2.20. The molecule has 2 N–H and O–H groups in total. The van der Waals surface area contributed by atoms with Crippen molar-refractivity contribution in [3.05, 3.63) is 41.2 Å². The van der Waals surface area contributed by atoms with Gasteiger partial charge in [-0.15, -0.1) is 0 Å². The number of esters is 1. The lowest BCUT2D eigenvalue weighted by atomic mass is 9.86. The Labute approximate surface area is 131 Å². The zero-order valence-corrected chi connectivity index (χ0v) is 12.2. The van der Waals surface area contributed by atoms with Crippen LogP contribution < -0.4 is 0 Å². The number of carboxylic acids is 2. The lowest BCUT2D eigenvalue weighted by Crippen LogP contribution is -2.27. The first-order valence-corrected chi connectivity index (χ1v) is 6.38. The number of carbonyl (C=O) groups excluding carboxylic acids is 2. The Balaban J connectivity index is 2.84. The highest BCUT2D eigenvalue weighted by Gasteiger charge is 2.36. The van der Waals surface area contributed by atoms with Gasteiger partial charge >= 0.3 is 17.9 Å². The smallest absolute Gasteiger partial charge is 0.333 e. The summed E-state index contributed by atoms with van der Waals surface area (Å²) in [7, 11) is 0. The van der Waals surface area contributed by atoms with E-state index in [0.717, 1.165) is 12.2 Å². The second-order valence-electron chi connectivity index (χ2n) is 4.51. The maximum Gasteiger partial charge on any atom is 0.333 e. The molecule has 0 aliphatic heterocycles. The number of rotatable bonds is 7. The minimum absolute atomic E-state index is 0.135. The molecule has 1 rings (SSSR count). The Kier molecular flexibility index (Phi) is 6.05. The second kappa shape index (κ2) is 7.77. The van der Waals surface area contributed by atoms with Gasteiger partial charge in [-0.2, -0.15) is 0 Å². The lowest BCUT2D eigenvalue weighted by Gasteiger charge is -2.20. The van der Waals surface area contributed by atoms with E-state index in [2.05, 4.69) is 6.58 Å². The highest BCUT2D eigenvalue weighted by Crippen LogP contribution is 2.30. The van der Waals surface area contributed by atoms with Gasteiger partial charge in [0.2, 0.25) is 0 Å².